The molecule has 0 aliphatic heterocycles. The van der Waals surface area contributed by atoms with Crippen molar-refractivity contribution in [2.45, 2.75) is 0 Å². The van der Waals surface area contributed by atoms with E-state index in [0.717, 1.165) is 27.9 Å². The van der Waals surface area contributed by atoms with E-state index >= 15 is 0 Å². The maximum absolute atomic E-state index is 4.63. The molecule has 25 heavy (non-hydrogen) atoms. The lowest BCUT2D eigenvalue weighted by atomic mass is 10.0. The second-order valence-corrected chi connectivity index (χ2v) is 5.72. The summed E-state index contributed by atoms with van der Waals surface area (Å²) in [5.41, 5.74) is 7.92. The fourth-order valence-electron chi connectivity index (χ4n) is 2.69. The molecule has 4 aromatic rings. The van der Waals surface area contributed by atoms with Gasteiger partial charge in [0.2, 0.25) is 0 Å². The number of hydrogen-bond donors (Lipinski definition) is 1. The van der Waals surface area contributed by atoms with Gasteiger partial charge in [-0.2, -0.15) is 5.10 Å². The number of imidazole rings is 1. The van der Waals surface area contributed by atoms with Gasteiger partial charge in [-0.1, -0.05) is 60.7 Å². The Morgan fingerprint density at radius 2 is 1.56 bits per heavy atom. The van der Waals surface area contributed by atoms with Crippen molar-refractivity contribution in [3.8, 4) is 0 Å². The van der Waals surface area contributed by atoms with Crippen LogP contribution in [0, 0.1) is 0 Å². The first-order valence-electron chi connectivity index (χ1n) is 8.03. The number of hydrogen-bond acceptors (Lipinski definition) is 4. The highest BCUT2D eigenvalue weighted by molar-refractivity contribution is 6.13. The second-order valence-electron chi connectivity index (χ2n) is 5.72. The highest BCUT2D eigenvalue weighted by Gasteiger charge is 2.07. The molecule has 1 N–H and O–H groups in total. The van der Waals surface area contributed by atoms with E-state index in [0.29, 0.717) is 5.82 Å². The zero-order valence-electron chi connectivity index (χ0n) is 13.8. The molecule has 4 rings (SSSR count). The van der Waals surface area contributed by atoms with Crippen LogP contribution in [0.1, 0.15) is 11.1 Å². The fourth-order valence-corrected chi connectivity index (χ4v) is 2.69. The van der Waals surface area contributed by atoms with Crippen LogP contribution in [0.5, 0.6) is 0 Å². The zero-order chi connectivity index (χ0) is 17.1. The number of anilines is 1. The number of hydrazone groups is 1. The maximum Gasteiger partial charge on any atom is 0.148 e. The molecule has 0 aliphatic carbocycles. The number of aryl methyl sites for hydroxylation is 1. The summed E-state index contributed by atoms with van der Waals surface area (Å²) in [4.78, 5) is 8.67. The van der Waals surface area contributed by atoms with Gasteiger partial charge in [0, 0.05) is 24.2 Å². The monoisotopic (exact) mass is 327 g/mol. The van der Waals surface area contributed by atoms with Gasteiger partial charge in [-0.15, -0.1) is 0 Å². The molecular weight excluding hydrogens is 310 g/mol. The standard InChI is InChI=1S/C20H17N5/c1-25-14-22-17-13-21-19(12-18(17)25)23-24-20(15-8-4-2-5-9-15)16-10-6-3-7-11-16/h2-14H,1H3,(H,21,23). The van der Waals surface area contributed by atoms with Crippen LogP contribution < -0.4 is 5.43 Å². The summed E-state index contributed by atoms with van der Waals surface area (Å²) in [7, 11) is 1.96. The molecule has 0 bridgehead atoms. The Morgan fingerprint density at radius 1 is 0.920 bits per heavy atom. The molecule has 0 aliphatic rings. The van der Waals surface area contributed by atoms with Crippen molar-refractivity contribution in [2.24, 2.45) is 12.1 Å². The summed E-state index contributed by atoms with van der Waals surface area (Å²) in [6, 6.07) is 22.2. The van der Waals surface area contributed by atoms with Crippen molar-refractivity contribution < 1.29 is 0 Å². The van der Waals surface area contributed by atoms with E-state index in [4.69, 9.17) is 0 Å². The third-order valence-corrected chi connectivity index (χ3v) is 3.99. The van der Waals surface area contributed by atoms with E-state index in [1.165, 1.54) is 0 Å². The predicted octanol–water partition coefficient (Wildman–Crippen LogP) is 3.83. The Balaban J connectivity index is 1.72. The van der Waals surface area contributed by atoms with Crippen LogP contribution in [-0.4, -0.2) is 20.2 Å². The van der Waals surface area contributed by atoms with E-state index in [1.807, 2.05) is 78.3 Å². The Kier molecular flexibility index (Phi) is 3.96. The number of benzene rings is 2. The molecule has 2 heterocycles. The molecule has 0 unspecified atom stereocenters. The summed E-state index contributed by atoms with van der Waals surface area (Å²) in [5, 5.41) is 4.63. The van der Waals surface area contributed by atoms with Crippen molar-refractivity contribution in [2.75, 3.05) is 5.43 Å². The SMILES string of the molecule is Cn1cnc2cnc(NN=C(c3ccccc3)c3ccccc3)cc21. The smallest absolute Gasteiger partial charge is 0.148 e. The molecule has 2 aromatic carbocycles. The zero-order valence-corrected chi connectivity index (χ0v) is 13.8. The first-order chi connectivity index (χ1) is 12.3. The van der Waals surface area contributed by atoms with Gasteiger partial charge < -0.3 is 4.57 Å². The predicted molar refractivity (Wildman–Crippen MR) is 101 cm³/mol. The van der Waals surface area contributed by atoms with E-state index in [9.17, 15) is 0 Å². The highest BCUT2D eigenvalue weighted by atomic mass is 15.3. The molecule has 0 amide bonds. The first kappa shape index (κ1) is 15.1. The van der Waals surface area contributed by atoms with Crippen molar-refractivity contribution in [1.29, 1.82) is 0 Å². The second kappa shape index (κ2) is 6.57. The van der Waals surface area contributed by atoms with E-state index in [-0.39, 0.29) is 0 Å². The Bertz CT molecular complexity index is 978. The lowest BCUT2D eigenvalue weighted by molar-refractivity contribution is 0.947. The molecular formula is C20H17N5. The van der Waals surface area contributed by atoms with E-state index in [2.05, 4.69) is 20.5 Å². The maximum atomic E-state index is 4.63. The molecule has 0 spiro atoms. The topological polar surface area (TPSA) is 55.1 Å². The van der Waals surface area contributed by atoms with Crippen molar-refractivity contribution in [3.05, 3.63) is 90.4 Å². The lowest BCUT2D eigenvalue weighted by Gasteiger charge is -2.08. The summed E-state index contributed by atoms with van der Waals surface area (Å²) < 4.78 is 1.96. The summed E-state index contributed by atoms with van der Waals surface area (Å²) in [6.07, 6.45) is 3.52. The van der Waals surface area contributed by atoms with Gasteiger partial charge in [0.05, 0.1) is 23.8 Å². The number of fused-ring (bicyclic) bond motifs is 1. The van der Waals surface area contributed by atoms with Gasteiger partial charge in [0.1, 0.15) is 11.3 Å². The summed E-state index contributed by atoms with van der Waals surface area (Å²) in [5.74, 6) is 0.681. The molecule has 5 heteroatoms. The van der Waals surface area contributed by atoms with E-state index in [1.54, 1.807) is 12.5 Å². The van der Waals surface area contributed by atoms with Gasteiger partial charge in [-0.25, -0.2) is 9.97 Å². The Hall–Kier alpha value is -3.47. The largest absolute Gasteiger partial charge is 0.334 e. The minimum atomic E-state index is 0.681. The average molecular weight is 327 g/mol. The minimum Gasteiger partial charge on any atom is -0.334 e. The Labute approximate surface area is 145 Å². The molecule has 0 saturated heterocycles. The lowest BCUT2D eigenvalue weighted by Crippen LogP contribution is -2.07. The summed E-state index contributed by atoms with van der Waals surface area (Å²) in [6.45, 7) is 0. The average Bonchev–Trinajstić information content (AvgIpc) is 3.04. The van der Waals surface area contributed by atoms with Crippen LogP contribution in [0.4, 0.5) is 5.82 Å². The number of pyridine rings is 1. The van der Waals surface area contributed by atoms with Crippen molar-refractivity contribution >= 4 is 22.6 Å². The van der Waals surface area contributed by atoms with Gasteiger partial charge in [0.25, 0.3) is 0 Å². The van der Waals surface area contributed by atoms with Crippen LogP contribution in [0.15, 0.2) is 84.4 Å². The molecule has 2 aromatic heterocycles. The van der Waals surface area contributed by atoms with Gasteiger partial charge in [0.15, 0.2) is 0 Å². The van der Waals surface area contributed by atoms with Crippen molar-refractivity contribution in [1.82, 2.24) is 14.5 Å². The molecule has 5 nitrogen and oxygen atoms in total. The molecule has 0 radical (unpaired) electrons. The van der Waals surface area contributed by atoms with Crippen LogP contribution in [0.3, 0.4) is 0 Å². The van der Waals surface area contributed by atoms with Gasteiger partial charge >= 0.3 is 0 Å². The third-order valence-electron chi connectivity index (χ3n) is 3.99. The highest BCUT2D eigenvalue weighted by Crippen LogP contribution is 2.16. The van der Waals surface area contributed by atoms with Crippen LogP contribution >= 0.6 is 0 Å². The fraction of sp³-hybridized carbons (Fsp3) is 0.0500. The Morgan fingerprint density at radius 3 is 2.20 bits per heavy atom. The molecule has 0 atom stereocenters. The molecule has 0 fully saturated rings. The van der Waals surface area contributed by atoms with Crippen LogP contribution in [0.25, 0.3) is 11.0 Å². The van der Waals surface area contributed by atoms with Gasteiger partial charge in [-0.3, -0.25) is 5.43 Å². The third kappa shape index (κ3) is 3.12. The number of aromatic nitrogens is 3. The van der Waals surface area contributed by atoms with Crippen LogP contribution in [0.2, 0.25) is 0 Å². The number of nitrogens with zero attached hydrogens (tertiary/aromatic N) is 4. The van der Waals surface area contributed by atoms with E-state index < -0.39 is 0 Å². The summed E-state index contributed by atoms with van der Waals surface area (Å²) >= 11 is 0. The first-order valence-corrected chi connectivity index (χ1v) is 8.03. The number of nitrogens with one attached hydrogen (secondary N) is 1. The van der Waals surface area contributed by atoms with Crippen molar-refractivity contribution in [3.63, 3.8) is 0 Å². The minimum absolute atomic E-state index is 0.681. The quantitative estimate of drug-likeness (QED) is 0.458. The molecule has 0 saturated carbocycles. The van der Waals surface area contributed by atoms with Gasteiger partial charge in [-0.05, 0) is 0 Å². The molecule has 122 valence electrons. The number of rotatable bonds is 4. The normalized spacial score (nSPS) is 10.6. The van der Waals surface area contributed by atoms with Crippen LogP contribution in [-0.2, 0) is 7.05 Å².